The Morgan fingerprint density at radius 3 is 2.96 bits per heavy atom. The van der Waals surface area contributed by atoms with Crippen LogP contribution in [0.2, 0.25) is 0 Å². The Balaban J connectivity index is 1.55. The first-order chi connectivity index (χ1) is 12.1. The Morgan fingerprint density at radius 1 is 1.28 bits per heavy atom. The lowest BCUT2D eigenvalue weighted by Gasteiger charge is -2.00. The zero-order chi connectivity index (χ0) is 17.4. The molecule has 0 spiro atoms. The van der Waals surface area contributed by atoms with E-state index in [2.05, 4.69) is 25.3 Å². The Hall–Kier alpha value is -2.94. The van der Waals surface area contributed by atoms with E-state index in [9.17, 15) is 4.79 Å². The van der Waals surface area contributed by atoms with Crippen molar-refractivity contribution < 1.29 is 4.42 Å². The average Bonchev–Trinajstić information content (AvgIpc) is 3.21. The van der Waals surface area contributed by atoms with Crippen LogP contribution in [0.4, 0.5) is 0 Å². The van der Waals surface area contributed by atoms with E-state index >= 15 is 0 Å². The minimum Gasteiger partial charge on any atom is -0.411 e. The van der Waals surface area contributed by atoms with Crippen LogP contribution in [0.25, 0.3) is 22.5 Å². The highest BCUT2D eigenvalue weighted by Crippen LogP contribution is 2.26. The van der Waals surface area contributed by atoms with Gasteiger partial charge < -0.3 is 9.40 Å². The maximum atomic E-state index is 12.0. The molecule has 0 atom stereocenters. The molecule has 0 aliphatic rings. The van der Waals surface area contributed by atoms with Crippen molar-refractivity contribution in [3.05, 3.63) is 52.2 Å². The molecule has 1 N–H and O–H groups in total. The molecule has 0 unspecified atom stereocenters. The summed E-state index contributed by atoms with van der Waals surface area (Å²) in [6, 6.07) is 7.81. The number of aromatic amines is 1. The van der Waals surface area contributed by atoms with Gasteiger partial charge in [0.25, 0.3) is 10.8 Å². The van der Waals surface area contributed by atoms with Crippen molar-refractivity contribution in [1.29, 1.82) is 0 Å². The van der Waals surface area contributed by atoms with Crippen molar-refractivity contribution in [1.82, 2.24) is 29.9 Å². The topological polar surface area (TPSA) is 102 Å². The number of hydrogen-bond acceptors (Lipinski definition) is 7. The molecule has 8 nitrogen and oxygen atoms in total. The third-order valence-electron chi connectivity index (χ3n) is 3.77. The number of fused-ring (bicyclic) bond motifs is 1. The van der Waals surface area contributed by atoms with Gasteiger partial charge in [-0.05, 0) is 18.6 Å². The fraction of sp³-hybridized carbons (Fsp3) is 0.188. The van der Waals surface area contributed by atoms with E-state index in [0.29, 0.717) is 33.7 Å². The van der Waals surface area contributed by atoms with E-state index in [1.807, 2.05) is 31.2 Å². The Labute approximate surface area is 146 Å². The van der Waals surface area contributed by atoms with E-state index in [1.54, 1.807) is 11.7 Å². The van der Waals surface area contributed by atoms with E-state index in [4.69, 9.17) is 4.42 Å². The van der Waals surface area contributed by atoms with Gasteiger partial charge in [-0.15, -0.1) is 10.2 Å². The monoisotopic (exact) mass is 354 g/mol. The Morgan fingerprint density at radius 2 is 2.12 bits per heavy atom. The SMILES string of the molecule is Cc1ccccc1-c1nnc(SCc2nc3c(cnn3C)c(=O)[nH]2)o1. The molecule has 4 aromatic rings. The quantitative estimate of drug-likeness (QED) is 0.561. The highest BCUT2D eigenvalue weighted by molar-refractivity contribution is 7.98. The standard InChI is InChI=1S/C16H14N6O2S/c1-9-5-3-4-6-10(9)15-20-21-16(24-15)25-8-12-18-13-11(14(23)19-12)7-17-22(13)2/h3-7H,8H2,1-2H3,(H,18,19,23). The summed E-state index contributed by atoms with van der Waals surface area (Å²) in [6.45, 7) is 1.99. The summed E-state index contributed by atoms with van der Waals surface area (Å²) in [4.78, 5) is 19.2. The second-order valence-corrected chi connectivity index (χ2v) is 6.42. The largest absolute Gasteiger partial charge is 0.411 e. The van der Waals surface area contributed by atoms with E-state index in [0.717, 1.165) is 11.1 Å². The van der Waals surface area contributed by atoms with Crippen molar-refractivity contribution in [3.8, 4) is 11.5 Å². The van der Waals surface area contributed by atoms with Crippen LogP contribution in [0.5, 0.6) is 0 Å². The van der Waals surface area contributed by atoms with Crippen LogP contribution < -0.4 is 5.56 Å². The highest BCUT2D eigenvalue weighted by Gasteiger charge is 2.13. The average molecular weight is 354 g/mol. The van der Waals surface area contributed by atoms with Crippen LogP contribution in [0.15, 0.2) is 44.9 Å². The predicted molar refractivity (Wildman–Crippen MR) is 93.2 cm³/mol. The molecule has 0 fully saturated rings. The number of aromatic nitrogens is 6. The van der Waals surface area contributed by atoms with Crippen molar-refractivity contribution in [2.45, 2.75) is 17.9 Å². The van der Waals surface area contributed by atoms with Gasteiger partial charge in [0.05, 0.1) is 11.9 Å². The molecule has 0 aliphatic heterocycles. The summed E-state index contributed by atoms with van der Waals surface area (Å²) in [5.41, 5.74) is 2.31. The van der Waals surface area contributed by atoms with Crippen LogP contribution in [0.3, 0.4) is 0 Å². The van der Waals surface area contributed by atoms with Crippen LogP contribution in [-0.2, 0) is 12.8 Å². The van der Waals surface area contributed by atoms with Crippen LogP contribution in [0, 0.1) is 6.92 Å². The van der Waals surface area contributed by atoms with Gasteiger partial charge in [-0.3, -0.25) is 9.48 Å². The molecule has 1 aromatic carbocycles. The number of thioether (sulfide) groups is 1. The smallest absolute Gasteiger partial charge is 0.277 e. The van der Waals surface area contributed by atoms with Gasteiger partial charge in [0.2, 0.25) is 5.89 Å². The van der Waals surface area contributed by atoms with Gasteiger partial charge in [0.1, 0.15) is 11.2 Å². The zero-order valence-corrected chi connectivity index (χ0v) is 14.4. The second-order valence-electron chi connectivity index (χ2n) is 5.49. The van der Waals surface area contributed by atoms with Crippen molar-refractivity contribution >= 4 is 22.8 Å². The number of aryl methyl sites for hydroxylation is 2. The van der Waals surface area contributed by atoms with Gasteiger partial charge >= 0.3 is 0 Å². The molecular weight excluding hydrogens is 340 g/mol. The third-order valence-corrected chi connectivity index (χ3v) is 4.59. The number of rotatable bonds is 4. The summed E-state index contributed by atoms with van der Waals surface area (Å²) < 4.78 is 7.27. The van der Waals surface area contributed by atoms with E-state index < -0.39 is 0 Å². The van der Waals surface area contributed by atoms with Crippen molar-refractivity contribution in [3.63, 3.8) is 0 Å². The number of nitrogens with zero attached hydrogens (tertiary/aromatic N) is 5. The molecule has 4 rings (SSSR count). The lowest BCUT2D eigenvalue weighted by Crippen LogP contribution is -2.11. The van der Waals surface area contributed by atoms with Gasteiger partial charge in [0.15, 0.2) is 5.65 Å². The van der Waals surface area contributed by atoms with E-state index in [1.165, 1.54) is 18.0 Å². The summed E-state index contributed by atoms with van der Waals surface area (Å²) >= 11 is 1.32. The molecule has 0 saturated carbocycles. The van der Waals surface area contributed by atoms with Gasteiger partial charge in [-0.1, -0.05) is 30.0 Å². The second kappa shape index (κ2) is 6.17. The molecule has 0 bridgehead atoms. The lowest BCUT2D eigenvalue weighted by molar-refractivity contribution is 0.465. The molecular formula is C16H14N6O2S. The van der Waals surface area contributed by atoms with Crippen molar-refractivity contribution in [2.75, 3.05) is 0 Å². The Bertz CT molecular complexity index is 1110. The first-order valence-electron chi connectivity index (χ1n) is 7.55. The first kappa shape index (κ1) is 15.6. The molecule has 126 valence electrons. The van der Waals surface area contributed by atoms with Gasteiger partial charge in [0, 0.05) is 12.6 Å². The van der Waals surface area contributed by atoms with Gasteiger partial charge in [-0.25, -0.2) is 4.98 Å². The number of benzene rings is 1. The first-order valence-corrected chi connectivity index (χ1v) is 8.53. The Kier molecular flexibility index (Phi) is 3.85. The van der Waals surface area contributed by atoms with Crippen LogP contribution in [0.1, 0.15) is 11.4 Å². The third kappa shape index (κ3) is 2.93. The van der Waals surface area contributed by atoms with E-state index in [-0.39, 0.29) is 5.56 Å². The van der Waals surface area contributed by atoms with Crippen LogP contribution in [-0.4, -0.2) is 29.9 Å². The molecule has 0 aliphatic carbocycles. The van der Waals surface area contributed by atoms with Crippen LogP contribution >= 0.6 is 11.8 Å². The molecule has 0 saturated heterocycles. The fourth-order valence-electron chi connectivity index (χ4n) is 2.47. The fourth-order valence-corrected chi connectivity index (χ4v) is 3.10. The van der Waals surface area contributed by atoms with Crippen molar-refractivity contribution in [2.24, 2.45) is 7.05 Å². The van der Waals surface area contributed by atoms with Gasteiger partial charge in [-0.2, -0.15) is 5.10 Å². The summed E-state index contributed by atoms with van der Waals surface area (Å²) in [5, 5.41) is 13.1. The molecule has 25 heavy (non-hydrogen) atoms. The molecule has 3 aromatic heterocycles. The minimum absolute atomic E-state index is 0.208. The number of H-pyrrole nitrogens is 1. The number of nitrogens with one attached hydrogen (secondary N) is 1. The maximum absolute atomic E-state index is 12.0. The predicted octanol–water partition coefficient (Wildman–Crippen LogP) is 2.31. The molecule has 0 radical (unpaired) electrons. The summed E-state index contributed by atoms with van der Waals surface area (Å²) in [7, 11) is 1.75. The summed E-state index contributed by atoms with van der Waals surface area (Å²) in [6.07, 6.45) is 1.50. The molecule has 9 heteroatoms. The maximum Gasteiger partial charge on any atom is 0.277 e. The molecule has 3 heterocycles. The number of hydrogen-bond donors (Lipinski definition) is 1. The highest BCUT2D eigenvalue weighted by atomic mass is 32.2. The molecule has 0 amide bonds. The lowest BCUT2D eigenvalue weighted by atomic mass is 10.1. The normalized spacial score (nSPS) is 11.3. The minimum atomic E-state index is -0.208. The summed E-state index contributed by atoms with van der Waals surface area (Å²) in [5.74, 6) is 1.41. The zero-order valence-electron chi connectivity index (χ0n) is 13.6.